The van der Waals surface area contributed by atoms with Crippen LogP contribution in [0.5, 0.6) is 0 Å². The Balaban J connectivity index is 1.27. The average molecular weight is 452 g/mol. The fourth-order valence-corrected chi connectivity index (χ4v) is 4.61. The lowest BCUT2D eigenvalue weighted by molar-refractivity contribution is -0.121. The summed E-state index contributed by atoms with van der Waals surface area (Å²) in [6.45, 7) is 3.10. The Hall–Kier alpha value is -3.46. The summed E-state index contributed by atoms with van der Waals surface area (Å²) in [6.07, 6.45) is 2.36. The van der Waals surface area contributed by atoms with Crippen molar-refractivity contribution in [3.8, 4) is 0 Å². The fourth-order valence-electron chi connectivity index (χ4n) is 4.61. The number of carbonyl (C=O) groups excluding carboxylic acids is 1. The molecule has 33 heavy (non-hydrogen) atoms. The van der Waals surface area contributed by atoms with Gasteiger partial charge in [0, 0.05) is 67.4 Å². The number of benzene rings is 1. The number of carbonyl (C=O) groups is 2. The third kappa shape index (κ3) is 4.41. The largest absolute Gasteiger partial charge is 0.465 e. The van der Waals surface area contributed by atoms with Crippen LogP contribution in [0.15, 0.2) is 40.9 Å². The number of hydrogen-bond acceptors (Lipinski definition) is 5. The zero-order valence-corrected chi connectivity index (χ0v) is 18.2. The van der Waals surface area contributed by atoms with Crippen LogP contribution in [0.2, 0.25) is 0 Å². The Morgan fingerprint density at radius 3 is 2.79 bits per heavy atom. The molecular formula is C24H25FN4O4. The predicted molar refractivity (Wildman–Crippen MR) is 120 cm³/mol. The van der Waals surface area contributed by atoms with Crippen LogP contribution in [0, 0.1) is 5.82 Å². The Morgan fingerprint density at radius 2 is 2.03 bits per heavy atom. The number of rotatable bonds is 4. The number of hydrogen-bond donors (Lipinski definition) is 1. The van der Waals surface area contributed by atoms with Crippen LogP contribution in [0.1, 0.15) is 23.4 Å². The van der Waals surface area contributed by atoms with Crippen molar-refractivity contribution in [1.29, 1.82) is 0 Å². The minimum atomic E-state index is -0.924. The van der Waals surface area contributed by atoms with Crippen LogP contribution in [0.4, 0.5) is 14.9 Å². The number of aromatic nitrogens is 1. The molecule has 5 rings (SSSR count). The van der Waals surface area contributed by atoms with Gasteiger partial charge in [0.05, 0.1) is 19.3 Å². The second-order valence-electron chi connectivity index (χ2n) is 8.53. The van der Waals surface area contributed by atoms with E-state index < -0.39 is 6.09 Å². The quantitative estimate of drug-likeness (QED) is 0.654. The van der Waals surface area contributed by atoms with E-state index in [4.69, 9.17) is 4.42 Å². The molecule has 8 nitrogen and oxygen atoms in total. The normalized spacial score (nSPS) is 17.3. The van der Waals surface area contributed by atoms with Gasteiger partial charge in [-0.2, -0.15) is 0 Å². The fraction of sp³-hybridized carbons (Fsp3) is 0.375. The van der Waals surface area contributed by atoms with E-state index >= 15 is 0 Å². The Labute approximate surface area is 190 Å². The highest BCUT2D eigenvalue weighted by Crippen LogP contribution is 2.33. The highest BCUT2D eigenvalue weighted by Gasteiger charge is 2.27. The lowest BCUT2D eigenvalue weighted by Gasteiger charge is -2.34. The summed E-state index contributed by atoms with van der Waals surface area (Å²) in [5.74, 6) is 0.487. The average Bonchev–Trinajstić information content (AvgIpc) is 2.99. The lowest BCUT2D eigenvalue weighted by atomic mass is 10.1. The third-order valence-corrected chi connectivity index (χ3v) is 6.40. The first-order valence-corrected chi connectivity index (χ1v) is 11.1. The van der Waals surface area contributed by atoms with Gasteiger partial charge < -0.3 is 19.3 Å². The van der Waals surface area contributed by atoms with Gasteiger partial charge in [0.15, 0.2) is 0 Å². The van der Waals surface area contributed by atoms with Crippen LogP contribution >= 0.6 is 0 Å². The number of carboxylic acid groups (broad SMARTS) is 1. The van der Waals surface area contributed by atoms with Crippen molar-refractivity contribution in [1.82, 2.24) is 14.8 Å². The van der Waals surface area contributed by atoms with Crippen molar-refractivity contribution >= 4 is 28.7 Å². The molecule has 0 bridgehead atoms. The second kappa shape index (κ2) is 8.82. The van der Waals surface area contributed by atoms with Crippen molar-refractivity contribution in [3.05, 3.63) is 59.4 Å². The first-order valence-electron chi connectivity index (χ1n) is 11.1. The molecule has 0 unspecified atom stereocenters. The number of aryl methyl sites for hydroxylation is 1. The molecule has 4 heterocycles. The van der Waals surface area contributed by atoms with Gasteiger partial charge in [0.1, 0.15) is 17.2 Å². The van der Waals surface area contributed by atoms with Crippen molar-refractivity contribution in [3.63, 3.8) is 0 Å². The van der Waals surface area contributed by atoms with Gasteiger partial charge in [-0.25, -0.2) is 9.18 Å². The molecule has 2 aliphatic rings. The zero-order valence-electron chi connectivity index (χ0n) is 18.2. The highest BCUT2D eigenvalue weighted by molar-refractivity contribution is 5.97. The van der Waals surface area contributed by atoms with Gasteiger partial charge in [-0.3, -0.25) is 14.7 Å². The molecule has 1 N–H and O–H groups in total. The number of furan rings is 1. The first-order chi connectivity index (χ1) is 16.0. The predicted octanol–water partition coefficient (Wildman–Crippen LogP) is 3.28. The van der Waals surface area contributed by atoms with Gasteiger partial charge in [-0.1, -0.05) is 0 Å². The summed E-state index contributed by atoms with van der Waals surface area (Å²) < 4.78 is 19.1. The van der Waals surface area contributed by atoms with Crippen molar-refractivity contribution in [2.24, 2.45) is 0 Å². The van der Waals surface area contributed by atoms with E-state index in [0.717, 1.165) is 41.1 Å². The van der Waals surface area contributed by atoms with E-state index in [1.54, 1.807) is 11.0 Å². The molecule has 0 saturated carbocycles. The molecule has 1 aromatic carbocycles. The molecule has 172 valence electrons. The SMILES string of the molecule is O=C(O)N1CCCc2oc3cc(N4CCN(CCc5ccc(F)cn5)CC4=O)ccc3c2C1. The second-order valence-corrected chi connectivity index (χ2v) is 8.53. The maximum atomic E-state index is 13.0. The minimum absolute atomic E-state index is 0.0119. The number of anilines is 1. The molecule has 1 saturated heterocycles. The third-order valence-electron chi connectivity index (χ3n) is 6.40. The van der Waals surface area contributed by atoms with Gasteiger partial charge in [0.25, 0.3) is 0 Å². The number of pyridine rings is 1. The number of amides is 2. The monoisotopic (exact) mass is 452 g/mol. The number of nitrogens with zero attached hydrogens (tertiary/aromatic N) is 4. The summed E-state index contributed by atoms with van der Waals surface area (Å²) in [5.41, 5.74) is 3.19. The van der Waals surface area contributed by atoms with Crippen LogP contribution in [0.25, 0.3) is 11.0 Å². The van der Waals surface area contributed by atoms with Crippen LogP contribution in [0.3, 0.4) is 0 Å². The van der Waals surface area contributed by atoms with E-state index in [0.29, 0.717) is 51.1 Å². The van der Waals surface area contributed by atoms with E-state index in [1.165, 1.54) is 17.2 Å². The molecule has 3 aromatic rings. The summed E-state index contributed by atoms with van der Waals surface area (Å²) >= 11 is 0. The number of piperazine rings is 1. The van der Waals surface area contributed by atoms with Crippen LogP contribution in [-0.2, 0) is 24.2 Å². The molecular weight excluding hydrogens is 427 g/mol. The maximum Gasteiger partial charge on any atom is 0.407 e. The smallest absolute Gasteiger partial charge is 0.407 e. The van der Waals surface area contributed by atoms with Gasteiger partial charge in [0.2, 0.25) is 5.91 Å². The summed E-state index contributed by atoms with van der Waals surface area (Å²) in [6, 6.07) is 8.78. The topological polar surface area (TPSA) is 90.1 Å². The number of halogens is 1. The Kier molecular flexibility index (Phi) is 5.72. The molecule has 2 aromatic heterocycles. The van der Waals surface area contributed by atoms with Crippen molar-refractivity contribution < 1.29 is 23.5 Å². The molecule has 2 amide bonds. The van der Waals surface area contributed by atoms with E-state index in [-0.39, 0.29) is 11.7 Å². The van der Waals surface area contributed by atoms with Crippen molar-refractivity contribution in [2.45, 2.75) is 25.8 Å². The molecule has 0 atom stereocenters. The summed E-state index contributed by atoms with van der Waals surface area (Å²) in [7, 11) is 0. The van der Waals surface area contributed by atoms with E-state index in [2.05, 4.69) is 9.88 Å². The maximum absolute atomic E-state index is 13.0. The molecule has 0 aliphatic carbocycles. The van der Waals surface area contributed by atoms with Crippen molar-refractivity contribution in [2.75, 3.05) is 37.6 Å². The van der Waals surface area contributed by atoms with Crippen LogP contribution < -0.4 is 4.90 Å². The Bertz CT molecular complexity index is 1190. The minimum Gasteiger partial charge on any atom is -0.465 e. The molecule has 0 radical (unpaired) electrons. The summed E-state index contributed by atoms with van der Waals surface area (Å²) in [4.78, 5) is 33.7. The zero-order chi connectivity index (χ0) is 22.9. The van der Waals surface area contributed by atoms with E-state index in [1.807, 2.05) is 18.2 Å². The van der Waals surface area contributed by atoms with Crippen LogP contribution in [-0.4, -0.2) is 64.6 Å². The molecule has 1 fully saturated rings. The van der Waals surface area contributed by atoms with Gasteiger partial charge in [-0.15, -0.1) is 0 Å². The number of fused-ring (bicyclic) bond motifs is 3. The van der Waals surface area contributed by atoms with Gasteiger partial charge in [-0.05, 0) is 30.7 Å². The highest BCUT2D eigenvalue weighted by atomic mass is 19.1. The summed E-state index contributed by atoms with van der Waals surface area (Å²) in [5, 5.41) is 10.3. The standard InChI is InChI=1S/C24H25FN4O4/c25-16-3-4-17(26-13-16)7-9-27-10-11-29(23(30)15-27)18-5-6-19-20-14-28(24(31)32)8-1-2-21(20)33-22(19)12-18/h3-6,12-13H,1-2,7-11,14-15H2,(H,31,32). The molecule has 2 aliphatic heterocycles. The molecule has 0 spiro atoms. The van der Waals surface area contributed by atoms with E-state index in [9.17, 15) is 19.1 Å². The molecule has 9 heteroatoms. The Morgan fingerprint density at radius 1 is 1.15 bits per heavy atom. The first kappa shape index (κ1) is 21.4. The lowest BCUT2D eigenvalue weighted by Crippen LogP contribution is -2.50. The van der Waals surface area contributed by atoms with Gasteiger partial charge >= 0.3 is 6.09 Å².